The first-order valence-corrected chi connectivity index (χ1v) is 7.54. The van der Waals surface area contributed by atoms with Crippen molar-refractivity contribution in [2.24, 2.45) is 0 Å². The van der Waals surface area contributed by atoms with Gasteiger partial charge in [-0.1, -0.05) is 0 Å². The summed E-state index contributed by atoms with van der Waals surface area (Å²) in [6, 6.07) is 13.5. The van der Waals surface area contributed by atoms with Crippen LogP contribution in [0.5, 0.6) is 0 Å². The third kappa shape index (κ3) is 1.85. The zero-order valence-electron chi connectivity index (χ0n) is 9.68. The number of halogens is 1. The first kappa shape index (κ1) is 11.8. The van der Waals surface area contributed by atoms with Gasteiger partial charge in [-0.05, 0) is 0 Å². The Labute approximate surface area is 115 Å². The average Bonchev–Trinajstić information content (AvgIpc) is 2.71. The van der Waals surface area contributed by atoms with E-state index in [0.717, 1.165) is 20.9 Å². The van der Waals surface area contributed by atoms with Crippen LogP contribution in [0.1, 0.15) is 5.56 Å². The van der Waals surface area contributed by atoms with Gasteiger partial charge >= 0.3 is 116 Å². The number of nitrogens with zero attached hydrogens (tertiary/aromatic N) is 1. The van der Waals surface area contributed by atoms with Crippen LogP contribution in [0.25, 0.3) is 15.3 Å². The van der Waals surface area contributed by atoms with Crippen molar-refractivity contribution in [3.05, 3.63) is 63.4 Å². The predicted octanol–water partition coefficient (Wildman–Crippen LogP) is 3.01. The molecule has 3 aromatic rings. The first-order valence-electron chi connectivity index (χ1n) is 5.54. The van der Waals surface area contributed by atoms with Crippen LogP contribution in [0.2, 0.25) is 5.02 Å². The molecule has 0 saturated carbocycles. The van der Waals surface area contributed by atoms with Crippen LogP contribution < -0.4 is 5.56 Å². The third-order valence-electron chi connectivity index (χ3n) is 2.88. The molecule has 2 aromatic carbocycles. The van der Waals surface area contributed by atoms with Gasteiger partial charge in [-0.15, -0.1) is 0 Å². The van der Waals surface area contributed by atoms with Crippen molar-refractivity contribution in [2.45, 2.75) is 6.92 Å². The van der Waals surface area contributed by atoms with Gasteiger partial charge in [0.05, 0.1) is 0 Å². The Morgan fingerprint density at radius 2 is 1.94 bits per heavy atom. The van der Waals surface area contributed by atoms with E-state index in [9.17, 15) is 4.79 Å². The summed E-state index contributed by atoms with van der Waals surface area (Å²) in [4.78, 5) is 12.3. The van der Waals surface area contributed by atoms with Crippen molar-refractivity contribution in [1.82, 2.24) is 3.56 Å². The van der Waals surface area contributed by atoms with E-state index < -0.39 is 0 Å². The van der Waals surface area contributed by atoms with E-state index in [2.05, 4.69) is 0 Å². The first-order chi connectivity index (χ1) is 8.66. The molecule has 0 bridgehead atoms. The van der Waals surface area contributed by atoms with Crippen LogP contribution in [0.4, 0.5) is 0 Å². The molecule has 0 amide bonds. The molecule has 2 nitrogen and oxygen atoms in total. The summed E-state index contributed by atoms with van der Waals surface area (Å²) in [5.41, 5.74) is 1.98. The molecule has 0 unspecified atom stereocenters. The molecule has 0 saturated heterocycles. The summed E-state index contributed by atoms with van der Waals surface area (Å²) in [6.45, 7) is 1.96. The fourth-order valence-electron chi connectivity index (χ4n) is 1.85. The summed E-state index contributed by atoms with van der Waals surface area (Å²) in [7, 11) is 0. The van der Waals surface area contributed by atoms with E-state index >= 15 is 0 Å². The molecule has 3 rings (SSSR count). The Morgan fingerprint density at radius 3 is 2.67 bits per heavy atom. The van der Waals surface area contributed by atoms with Gasteiger partial charge in [-0.3, -0.25) is 0 Å². The predicted molar refractivity (Wildman–Crippen MR) is 76.2 cm³/mol. The van der Waals surface area contributed by atoms with Gasteiger partial charge in [-0.2, -0.15) is 0 Å². The monoisotopic (exact) mass is 323 g/mol. The minimum atomic E-state index is 0.00621. The molecule has 0 N–H and O–H groups in total. The molecule has 1 aromatic heterocycles. The zero-order chi connectivity index (χ0) is 12.7. The van der Waals surface area contributed by atoms with E-state index in [1.54, 1.807) is 0 Å². The molecule has 0 aliphatic rings. The normalized spacial score (nSPS) is 11.0. The Bertz CT molecular complexity index is 788. The molecule has 0 aliphatic carbocycles. The average molecular weight is 323 g/mol. The summed E-state index contributed by atoms with van der Waals surface area (Å²) in [6.07, 6.45) is 0. The zero-order valence-corrected chi connectivity index (χ0v) is 12.2. The fraction of sp³-hybridized carbons (Fsp3) is 0.0714. The summed E-state index contributed by atoms with van der Waals surface area (Å²) >= 11 is 6.13. The van der Waals surface area contributed by atoms with Gasteiger partial charge in [0.25, 0.3) is 0 Å². The second kappa shape index (κ2) is 4.43. The van der Waals surface area contributed by atoms with Crippen molar-refractivity contribution >= 4 is 36.0 Å². The Kier molecular flexibility index (Phi) is 2.90. The molecule has 0 fully saturated rings. The van der Waals surface area contributed by atoms with E-state index in [0.29, 0.717) is 5.02 Å². The molecular formula is C14H10ClNOSe. The quantitative estimate of drug-likeness (QED) is 0.631. The van der Waals surface area contributed by atoms with Crippen LogP contribution in [-0.4, -0.2) is 18.3 Å². The molecule has 0 spiro atoms. The van der Waals surface area contributed by atoms with Crippen molar-refractivity contribution in [1.29, 1.82) is 0 Å². The summed E-state index contributed by atoms with van der Waals surface area (Å²) in [5, 5.41) is 1.52. The fourth-order valence-corrected chi connectivity index (χ4v) is 4.10. The number of benzene rings is 2. The van der Waals surface area contributed by atoms with Crippen LogP contribution in [0, 0.1) is 6.92 Å². The van der Waals surface area contributed by atoms with Crippen molar-refractivity contribution < 1.29 is 0 Å². The Balaban J connectivity index is 2.28. The van der Waals surface area contributed by atoms with Crippen LogP contribution in [0.15, 0.2) is 47.3 Å². The second-order valence-electron chi connectivity index (χ2n) is 4.12. The van der Waals surface area contributed by atoms with Crippen LogP contribution in [-0.2, 0) is 0 Å². The van der Waals surface area contributed by atoms with Gasteiger partial charge in [0.1, 0.15) is 0 Å². The Hall–Kier alpha value is -1.28. The molecular weight excluding hydrogens is 313 g/mol. The van der Waals surface area contributed by atoms with E-state index in [4.69, 9.17) is 11.6 Å². The Morgan fingerprint density at radius 1 is 1.17 bits per heavy atom. The van der Waals surface area contributed by atoms with Gasteiger partial charge in [0.2, 0.25) is 0 Å². The third-order valence-corrected chi connectivity index (χ3v) is 5.62. The van der Waals surface area contributed by atoms with Crippen molar-refractivity contribution in [3.8, 4) is 5.69 Å². The summed E-state index contributed by atoms with van der Waals surface area (Å²) in [5.74, 6) is 0. The van der Waals surface area contributed by atoms with Gasteiger partial charge in [0.15, 0.2) is 0 Å². The van der Waals surface area contributed by atoms with E-state index in [1.807, 2.05) is 53.0 Å². The summed E-state index contributed by atoms with van der Waals surface area (Å²) < 4.78 is 2.95. The van der Waals surface area contributed by atoms with Crippen molar-refractivity contribution in [2.75, 3.05) is 0 Å². The number of hydrogen-bond donors (Lipinski definition) is 0. The van der Waals surface area contributed by atoms with Gasteiger partial charge < -0.3 is 0 Å². The molecule has 1 heterocycles. The molecule has 18 heavy (non-hydrogen) atoms. The second-order valence-corrected chi connectivity index (χ2v) is 6.60. The van der Waals surface area contributed by atoms with Crippen LogP contribution in [0.3, 0.4) is 0 Å². The van der Waals surface area contributed by atoms with Crippen molar-refractivity contribution in [3.63, 3.8) is 0 Å². The van der Waals surface area contributed by atoms with Crippen LogP contribution >= 0.6 is 11.6 Å². The SMILES string of the molecule is Cc1ccc(-n2[se]c3ccccc3c2=O)cc1Cl. The molecule has 90 valence electrons. The minimum absolute atomic E-state index is 0.00621. The maximum atomic E-state index is 12.3. The number of aryl methyl sites for hydroxylation is 1. The number of hydrogen-bond acceptors (Lipinski definition) is 1. The van der Waals surface area contributed by atoms with E-state index in [1.165, 1.54) is 0 Å². The number of aromatic nitrogens is 1. The van der Waals surface area contributed by atoms with Gasteiger partial charge in [0, 0.05) is 0 Å². The number of fused-ring (bicyclic) bond motifs is 1. The topological polar surface area (TPSA) is 22.0 Å². The standard InChI is InChI=1S/C14H10ClNOSe/c1-9-6-7-10(8-12(9)15)16-14(17)11-4-2-3-5-13(11)18-16/h2-8H,1H3. The molecule has 0 aliphatic heterocycles. The molecule has 4 heteroatoms. The van der Waals surface area contributed by atoms with E-state index in [-0.39, 0.29) is 20.3 Å². The molecule has 0 atom stereocenters. The number of rotatable bonds is 1. The molecule has 0 radical (unpaired) electrons. The van der Waals surface area contributed by atoms with Gasteiger partial charge in [-0.25, -0.2) is 0 Å². The maximum absolute atomic E-state index is 12.3.